The van der Waals surface area contributed by atoms with Gasteiger partial charge in [0.05, 0.1) is 14.2 Å². The highest BCUT2D eigenvalue weighted by Crippen LogP contribution is 2.46. The minimum absolute atomic E-state index is 0.0943. The Morgan fingerprint density at radius 2 is 1.74 bits per heavy atom. The second-order valence-corrected chi connectivity index (χ2v) is 8.87. The summed E-state index contributed by atoms with van der Waals surface area (Å²) in [5, 5.41) is 11.0. The molecule has 1 aromatic carbocycles. The van der Waals surface area contributed by atoms with Crippen molar-refractivity contribution in [1.29, 1.82) is 0 Å². The highest BCUT2D eigenvalue weighted by molar-refractivity contribution is 8.00. The number of hydrogen-bond acceptors (Lipinski definition) is 9. The maximum atomic E-state index is 12.7. The Labute approximate surface area is 199 Å². The van der Waals surface area contributed by atoms with Crippen LogP contribution < -0.4 is 10.1 Å². The molecule has 0 saturated carbocycles. The van der Waals surface area contributed by atoms with Crippen molar-refractivity contribution in [1.82, 2.24) is 10.2 Å². The molecule has 2 unspecified atom stereocenters. The van der Waals surface area contributed by atoms with Gasteiger partial charge in [-0.1, -0.05) is 18.2 Å². The third kappa shape index (κ3) is 5.01. The number of nitrogens with one attached hydrogen (secondary N) is 1. The standard InChI is InChI=1S/C22H24N2O9S/c1-11-14(9-13(21(29)31-2)22(30)32-3)34-19-16(18(26)24(19)17(11)20(27)28)23-15(25)10-33-12-7-5-4-6-8-12/h4-8,13-14,16,19H,9-10H2,1-3H3,(H,23,25)(H,27,28)/t14?,16?,19-/m0/s1. The number of aliphatic carboxylic acids is 1. The Kier molecular flexibility index (Phi) is 7.82. The maximum Gasteiger partial charge on any atom is 0.352 e. The van der Waals surface area contributed by atoms with Crippen molar-refractivity contribution in [2.45, 2.75) is 30.0 Å². The lowest BCUT2D eigenvalue weighted by molar-refractivity contribution is -0.159. The number of β-lactam (4-membered cyclic amide) rings is 1. The predicted molar refractivity (Wildman–Crippen MR) is 118 cm³/mol. The van der Waals surface area contributed by atoms with Gasteiger partial charge >= 0.3 is 17.9 Å². The number of carbonyl (C=O) groups excluding carboxylic acids is 4. The van der Waals surface area contributed by atoms with Crippen LogP contribution in [-0.4, -0.2) is 77.2 Å². The van der Waals surface area contributed by atoms with Gasteiger partial charge in [-0.2, -0.15) is 0 Å². The van der Waals surface area contributed by atoms with Gasteiger partial charge in [0.2, 0.25) is 0 Å². The van der Waals surface area contributed by atoms with Crippen LogP contribution in [0.4, 0.5) is 0 Å². The quantitative estimate of drug-likeness (QED) is 0.284. The molecule has 2 aliphatic heterocycles. The van der Waals surface area contributed by atoms with Crippen molar-refractivity contribution in [2.24, 2.45) is 5.92 Å². The predicted octanol–water partition coefficient (Wildman–Crippen LogP) is 0.545. The zero-order valence-corrected chi connectivity index (χ0v) is 19.5. The summed E-state index contributed by atoms with van der Waals surface area (Å²) in [6.07, 6.45) is -0.0943. The summed E-state index contributed by atoms with van der Waals surface area (Å²) in [5.41, 5.74) is 0.0790. The van der Waals surface area contributed by atoms with Crippen LogP contribution in [0, 0.1) is 5.92 Å². The van der Waals surface area contributed by atoms with E-state index in [9.17, 15) is 29.1 Å². The Hall–Kier alpha value is -3.54. The number of fused-ring (bicyclic) bond motifs is 1. The molecule has 0 aromatic heterocycles. The minimum Gasteiger partial charge on any atom is -0.484 e. The zero-order chi connectivity index (χ0) is 25.0. The summed E-state index contributed by atoms with van der Waals surface area (Å²) < 4.78 is 14.8. The lowest BCUT2D eigenvalue weighted by atomic mass is 9.95. The van der Waals surface area contributed by atoms with E-state index in [1.54, 1.807) is 30.3 Å². The number of hydrogen-bond donors (Lipinski definition) is 2. The number of rotatable bonds is 9. The minimum atomic E-state index is -1.33. The third-order valence-corrected chi connectivity index (χ3v) is 7.13. The SMILES string of the molecule is COC(=O)C(CC1S[C@H]2C(NC(=O)COc3ccccc3)C(=O)N2C(C(=O)O)=C1C)C(=O)OC. The molecular weight excluding hydrogens is 468 g/mol. The van der Waals surface area contributed by atoms with Crippen LogP contribution in [0.15, 0.2) is 41.6 Å². The van der Waals surface area contributed by atoms with E-state index >= 15 is 0 Å². The average Bonchev–Trinajstić information content (AvgIpc) is 2.84. The molecule has 12 heteroatoms. The Morgan fingerprint density at radius 1 is 1.12 bits per heavy atom. The maximum absolute atomic E-state index is 12.7. The number of carboxylic acid groups (broad SMARTS) is 1. The van der Waals surface area contributed by atoms with Crippen LogP contribution in [0.3, 0.4) is 0 Å². The third-order valence-electron chi connectivity index (χ3n) is 5.50. The van der Waals surface area contributed by atoms with Crippen LogP contribution in [0.2, 0.25) is 0 Å². The lowest BCUT2D eigenvalue weighted by Crippen LogP contribution is -2.71. The Bertz CT molecular complexity index is 1010. The summed E-state index contributed by atoms with van der Waals surface area (Å²) in [5.74, 6) is -4.87. The summed E-state index contributed by atoms with van der Waals surface area (Å²) in [7, 11) is 2.26. The molecule has 11 nitrogen and oxygen atoms in total. The average molecular weight is 493 g/mol. The van der Waals surface area contributed by atoms with E-state index in [0.717, 1.165) is 19.1 Å². The van der Waals surface area contributed by atoms with Gasteiger partial charge in [0, 0.05) is 5.25 Å². The number of amides is 2. The molecule has 2 N–H and O–H groups in total. The van der Waals surface area contributed by atoms with Gasteiger partial charge in [-0.3, -0.25) is 24.1 Å². The first-order chi connectivity index (χ1) is 16.2. The molecule has 1 aromatic rings. The van der Waals surface area contributed by atoms with E-state index < -0.39 is 52.3 Å². The van der Waals surface area contributed by atoms with Gasteiger partial charge < -0.3 is 24.6 Å². The van der Waals surface area contributed by atoms with Crippen molar-refractivity contribution in [3.63, 3.8) is 0 Å². The highest BCUT2D eigenvalue weighted by Gasteiger charge is 2.56. The molecule has 0 aliphatic carbocycles. The number of carbonyl (C=O) groups is 5. The van der Waals surface area contributed by atoms with Crippen molar-refractivity contribution in [2.75, 3.05) is 20.8 Å². The van der Waals surface area contributed by atoms with E-state index in [1.807, 2.05) is 0 Å². The number of thioether (sulfide) groups is 1. The van der Waals surface area contributed by atoms with E-state index in [2.05, 4.69) is 14.8 Å². The molecule has 0 bridgehead atoms. The van der Waals surface area contributed by atoms with Crippen LogP contribution in [-0.2, 0) is 33.4 Å². The van der Waals surface area contributed by atoms with Crippen molar-refractivity contribution in [3.8, 4) is 5.75 Å². The van der Waals surface area contributed by atoms with Gasteiger partial charge in [-0.25, -0.2) is 4.79 Å². The number of carboxylic acids is 1. The number of nitrogens with zero attached hydrogens (tertiary/aromatic N) is 1. The molecule has 1 saturated heterocycles. The van der Waals surface area contributed by atoms with Crippen LogP contribution in [0.5, 0.6) is 5.75 Å². The Morgan fingerprint density at radius 3 is 2.29 bits per heavy atom. The molecule has 182 valence electrons. The van der Waals surface area contributed by atoms with Gasteiger partial charge in [0.15, 0.2) is 12.5 Å². The monoisotopic (exact) mass is 492 g/mol. The fourth-order valence-electron chi connectivity index (χ4n) is 3.76. The molecule has 1 fully saturated rings. The van der Waals surface area contributed by atoms with Crippen molar-refractivity contribution in [3.05, 3.63) is 41.6 Å². The van der Waals surface area contributed by atoms with E-state index in [4.69, 9.17) is 4.74 Å². The summed E-state index contributed by atoms with van der Waals surface area (Å²) in [6, 6.07) is 7.66. The van der Waals surface area contributed by atoms with Crippen LogP contribution in [0.1, 0.15) is 13.3 Å². The number of esters is 2. The lowest BCUT2D eigenvalue weighted by Gasteiger charge is -2.51. The van der Waals surface area contributed by atoms with Gasteiger partial charge in [-0.05, 0) is 31.1 Å². The fraction of sp³-hybridized carbons (Fsp3) is 0.409. The number of benzene rings is 1. The van der Waals surface area contributed by atoms with Crippen molar-refractivity contribution >= 4 is 41.5 Å². The normalized spacial score (nSPS) is 21.4. The van der Waals surface area contributed by atoms with E-state index in [-0.39, 0.29) is 18.7 Å². The fourth-order valence-corrected chi connectivity index (χ4v) is 5.39. The van der Waals surface area contributed by atoms with Gasteiger partial charge in [-0.15, -0.1) is 11.8 Å². The first kappa shape index (κ1) is 25.1. The number of ether oxygens (including phenoxy) is 3. The molecule has 34 heavy (non-hydrogen) atoms. The summed E-state index contributed by atoms with van der Waals surface area (Å²) in [4.78, 5) is 62.4. The molecule has 0 radical (unpaired) electrons. The molecule has 2 aliphatic rings. The molecule has 2 heterocycles. The summed E-state index contributed by atoms with van der Waals surface area (Å²) >= 11 is 1.18. The first-order valence-electron chi connectivity index (χ1n) is 10.2. The Balaban J connectivity index is 1.76. The van der Waals surface area contributed by atoms with Gasteiger partial charge in [0.1, 0.15) is 22.9 Å². The van der Waals surface area contributed by atoms with Gasteiger partial charge in [0.25, 0.3) is 11.8 Å². The first-order valence-corrected chi connectivity index (χ1v) is 11.2. The smallest absolute Gasteiger partial charge is 0.352 e. The molecule has 3 rings (SSSR count). The molecule has 3 atom stereocenters. The second kappa shape index (κ2) is 10.6. The van der Waals surface area contributed by atoms with E-state index in [1.165, 1.54) is 18.7 Å². The molecular formula is C22H24N2O9S. The molecule has 0 spiro atoms. The van der Waals surface area contributed by atoms with E-state index in [0.29, 0.717) is 11.3 Å². The highest BCUT2D eigenvalue weighted by atomic mass is 32.2. The second-order valence-electron chi connectivity index (χ2n) is 7.54. The summed E-state index contributed by atoms with van der Waals surface area (Å²) in [6.45, 7) is 1.19. The van der Waals surface area contributed by atoms with Crippen molar-refractivity contribution < 1.29 is 43.3 Å². The largest absolute Gasteiger partial charge is 0.484 e. The number of methoxy groups -OCH3 is 2. The van der Waals surface area contributed by atoms with Crippen LogP contribution in [0.25, 0.3) is 0 Å². The zero-order valence-electron chi connectivity index (χ0n) is 18.7. The molecule has 2 amide bonds. The topological polar surface area (TPSA) is 149 Å². The number of para-hydroxylation sites is 1. The van der Waals surface area contributed by atoms with Crippen LogP contribution >= 0.6 is 11.8 Å².